The van der Waals surface area contributed by atoms with Crippen LogP contribution >= 0.6 is 23.2 Å². The summed E-state index contributed by atoms with van der Waals surface area (Å²) >= 11 is 12.0. The molecule has 1 aromatic carbocycles. The molecule has 8 heteroatoms. The van der Waals surface area contributed by atoms with Crippen LogP contribution in [0.5, 0.6) is 0 Å². The van der Waals surface area contributed by atoms with Crippen LogP contribution in [0, 0.1) is 17.8 Å². The number of halogens is 2. The van der Waals surface area contributed by atoms with Crippen LogP contribution in [0.4, 0.5) is 0 Å². The van der Waals surface area contributed by atoms with Crippen molar-refractivity contribution in [1.82, 2.24) is 15.5 Å². The largest absolute Gasteiger partial charge is 0.350 e. The van der Waals surface area contributed by atoms with Crippen molar-refractivity contribution in [1.29, 1.82) is 0 Å². The van der Waals surface area contributed by atoms with E-state index in [9.17, 15) is 9.59 Å². The van der Waals surface area contributed by atoms with Crippen LogP contribution in [0.2, 0.25) is 10.0 Å². The van der Waals surface area contributed by atoms with E-state index in [1.54, 1.807) is 18.2 Å². The molecular formula is C24H36Cl2N4O2. The average Bonchev–Trinajstić information content (AvgIpc) is 2.87. The molecule has 1 saturated heterocycles. The summed E-state index contributed by atoms with van der Waals surface area (Å²) in [5.41, 5.74) is 6.27. The van der Waals surface area contributed by atoms with Crippen molar-refractivity contribution in [3.05, 3.63) is 33.8 Å². The zero-order chi connectivity index (χ0) is 23.3. The molecule has 0 bridgehead atoms. The molecule has 2 amide bonds. The third kappa shape index (κ3) is 6.83. The Balaban J connectivity index is 1.60. The van der Waals surface area contributed by atoms with Crippen molar-refractivity contribution < 1.29 is 9.59 Å². The number of nitrogens with zero attached hydrogens (tertiary/aromatic N) is 1. The van der Waals surface area contributed by atoms with Crippen LogP contribution in [0.25, 0.3) is 0 Å². The topological polar surface area (TPSA) is 87.5 Å². The van der Waals surface area contributed by atoms with Gasteiger partial charge in [-0.25, -0.2) is 0 Å². The summed E-state index contributed by atoms with van der Waals surface area (Å²) in [5.74, 6) is 1.92. The predicted octanol–water partition coefficient (Wildman–Crippen LogP) is 3.70. The van der Waals surface area contributed by atoms with E-state index in [1.807, 2.05) is 4.90 Å². The van der Waals surface area contributed by atoms with E-state index in [-0.39, 0.29) is 23.9 Å². The molecule has 4 atom stereocenters. The van der Waals surface area contributed by atoms with Gasteiger partial charge in [-0.15, -0.1) is 0 Å². The van der Waals surface area contributed by atoms with Crippen molar-refractivity contribution in [3.8, 4) is 0 Å². The summed E-state index contributed by atoms with van der Waals surface area (Å²) in [6.07, 6.45) is 5.03. The fraction of sp³-hybridized carbons (Fsp3) is 0.667. The Hall–Kier alpha value is -1.34. The summed E-state index contributed by atoms with van der Waals surface area (Å²) in [5, 5.41) is 7.17. The third-order valence-electron chi connectivity index (χ3n) is 6.70. The van der Waals surface area contributed by atoms with Crippen molar-refractivity contribution >= 4 is 35.0 Å². The van der Waals surface area contributed by atoms with E-state index in [2.05, 4.69) is 24.5 Å². The minimum atomic E-state index is -0.312. The van der Waals surface area contributed by atoms with E-state index in [4.69, 9.17) is 28.9 Å². The number of rotatable bonds is 7. The predicted molar refractivity (Wildman–Crippen MR) is 130 cm³/mol. The standard InChI is InChI=1S/C24H36Cl2N4O2/c1-15-9-16(2)11-17(10-15)14-30-8-6-19(29-22(5-7-27)24(30)32)13-28-23(31)18-3-4-20(25)21(26)12-18/h3-4,12,15-17,19,22,29H,5-11,13-14,27H2,1-2H3,(H,28,31)/t15?,16?,17?,19-,22-/m0/s1. The van der Waals surface area contributed by atoms with Gasteiger partial charge in [0.1, 0.15) is 0 Å². The van der Waals surface area contributed by atoms with Crippen molar-refractivity contribution in [3.63, 3.8) is 0 Å². The number of carbonyl (C=O) groups is 2. The minimum Gasteiger partial charge on any atom is -0.350 e. The molecule has 0 spiro atoms. The molecule has 1 aromatic rings. The SMILES string of the molecule is CC1CC(C)CC(CN2CC[C@@H](CNC(=O)c3ccc(Cl)c(Cl)c3)N[C@@H](CCN)C2=O)C1. The van der Waals surface area contributed by atoms with Gasteiger partial charge in [-0.1, -0.05) is 37.0 Å². The molecule has 4 N–H and O–H groups in total. The van der Waals surface area contributed by atoms with Gasteiger partial charge in [0.2, 0.25) is 5.91 Å². The van der Waals surface area contributed by atoms with Gasteiger partial charge in [0, 0.05) is 31.2 Å². The molecule has 0 aromatic heterocycles. The van der Waals surface area contributed by atoms with E-state index in [0.29, 0.717) is 59.4 Å². The number of nitrogens with two attached hydrogens (primary N) is 1. The Kier molecular flexibility index (Phi) is 9.23. The molecular weight excluding hydrogens is 447 g/mol. The van der Waals surface area contributed by atoms with Gasteiger partial charge in [0.25, 0.3) is 5.91 Å². The van der Waals surface area contributed by atoms with E-state index >= 15 is 0 Å². The molecule has 2 unspecified atom stereocenters. The second kappa shape index (κ2) is 11.7. The maximum Gasteiger partial charge on any atom is 0.251 e. The quantitative estimate of drug-likeness (QED) is 0.552. The second-order valence-corrected chi connectivity index (χ2v) is 10.5. The van der Waals surface area contributed by atoms with Crippen LogP contribution < -0.4 is 16.4 Å². The average molecular weight is 483 g/mol. The Labute approximate surface area is 201 Å². The third-order valence-corrected chi connectivity index (χ3v) is 7.43. The first-order valence-electron chi connectivity index (χ1n) is 11.7. The minimum absolute atomic E-state index is 0.00331. The van der Waals surface area contributed by atoms with Gasteiger partial charge < -0.3 is 21.3 Å². The number of carbonyl (C=O) groups excluding carboxylic acids is 2. The smallest absolute Gasteiger partial charge is 0.251 e. The summed E-state index contributed by atoms with van der Waals surface area (Å²) in [4.78, 5) is 27.8. The number of benzene rings is 1. The maximum absolute atomic E-state index is 13.2. The first-order chi connectivity index (χ1) is 15.3. The van der Waals surface area contributed by atoms with E-state index in [1.165, 1.54) is 19.3 Å². The lowest BCUT2D eigenvalue weighted by Gasteiger charge is -2.35. The lowest BCUT2D eigenvalue weighted by Crippen LogP contribution is -2.50. The molecule has 178 valence electrons. The Morgan fingerprint density at radius 3 is 2.56 bits per heavy atom. The highest BCUT2D eigenvalue weighted by Gasteiger charge is 2.33. The van der Waals surface area contributed by atoms with Gasteiger partial charge in [-0.2, -0.15) is 0 Å². The number of hydrogen-bond acceptors (Lipinski definition) is 4. The fourth-order valence-corrected chi connectivity index (χ4v) is 5.62. The van der Waals surface area contributed by atoms with Gasteiger partial charge in [-0.05, 0) is 74.6 Å². The van der Waals surface area contributed by atoms with Crippen LogP contribution in [0.1, 0.15) is 56.3 Å². The molecule has 2 aliphatic rings. The monoisotopic (exact) mass is 482 g/mol. The van der Waals surface area contributed by atoms with Gasteiger partial charge >= 0.3 is 0 Å². The Morgan fingerprint density at radius 2 is 1.91 bits per heavy atom. The van der Waals surface area contributed by atoms with Crippen LogP contribution in [-0.4, -0.2) is 55.0 Å². The van der Waals surface area contributed by atoms with Crippen LogP contribution in [0.3, 0.4) is 0 Å². The summed E-state index contributed by atoms with van der Waals surface area (Å²) in [7, 11) is 0. The number of amides is 2. The van der Waals surface area contributed by atoms with Crippen molar-refractivity contribution in [2.45, 2.75) is 58.0 Å². The number of hydrogen-bond donors (Lipinski definition) is 3. The van der Waals surface area contributed by atoms with Gasteiger partial charge in [0.05, 0.1) is 16.1 Å². The maximum atomic E-state index is 13.2. The zero-order valence-electron chi connectivity index (χ0n) is 19.1. The molecule has 2 fully saturated rings. The first-order valence-corrected chi connectivity index (χ1v) is 12.5. The molecule has 1 aliphatic heterocycles. The Morgan fingerprint density at radius 1 is 1.19 bits per heavy atom. The molecule has 1 heterocycles. The van der Waals surface area contributed by atoms with E-state index < -0.39 is 0 Å². The second-order valence-electron chi connectivity index (χ2n) is 9.69. The Bertz CT molecular complexity index is 796. The summed E-state index contributed by atoms with van der Waals surface area (Å²) < 4.78 is 0. The normalized spacial score (nSPS) is 29.0. The number of nitrogens with one attached hydrogen (secondary N) is 2. The van der Waals surface area contributed by atoms with Gasteiger partial charge in [-0.3, -0.25) is 9.59 Å². The molecule has 32 heavy (non-hydrogen) atoms. The molecule has 1 aliphatic carbocycles. The molecule has 6 nitrogen and oxygen atoms in total. The highest BCUT2D eigenvalue weighted by atomic mass is 35.5. The van der Waals surface area contributed by atoms with Crippen LogP contribution in [-0.2, 0) is 4.79 Å². The van der Waals surface area contributed by atoms with E-state index in [0.717, 1.165) is 13.0 Å². The molecule has 1 saturated carbocycles. The van der Waals surface area contributed by atoms with Crippen molar-refractivity contribution in [2.75, 3.05) is 26.2 Å². The van der Waals surface area contributed by atoms with Crippen molar-refractivity contribution in [2.24, 2.45) is 23.5 Å². The fourth-order valence-electron chi connectivity index (χ4n) is 5.33. The zero-order valence-corrected chi connectivity index (χ0v) is 20.6. The van der Waals surface area contributed by atoms with Crippen LogP contribution in [0.15, 0.2) is 18.2 Å². The highest BCUT2D eigenvalue weighted by Crippen LogP contribution is 2.33. The summed E-state index contributed by atoms with van der Waals surface area (Å²) in [6.45, 7) is 7.02. The molecule has 3 rings (SSSR count). The lowest BCUT2D eigenvalue weighted by atomic mass is 9.76. The molecule has 0 radical (unpaired) electrons. The summed E-state index contributed by atoms with van der Waals surface area (Å²) in [6, 6.07) is 4.51. The lowest BCUT2D eigenvalue weighted by molar-refractivity contribution is -0.133. The van der Waals surface area contributed by atoms with Gasteiger partial charge in [0.15, 0.2) is 0 Å². The first kappa shape index (κ1) is 25.3. The highest BCUT2D eigenvalue weighted by molar-refractivity contribution is 6.42.